The summed E-state index contributed by atoms with van der Waals surface area (Å²) in [6.45, 7) is 3.94. The molecule has 1 amide bonds. The van der Waals surface area contributed by atoms with Gasteiger partial charge in [-0.3, -0.25) is 4.79 Å². The number of carbonyl (C=O) groups excluding carboxylic acids is 1. The molecule has 1 aliphatic heterocycles. The molecule has 146 valence electrons. The number of para-hydroxylation sites is 1. The molecule has 1 aromatic carbocycles. The van der Waals surface area contributed by atoms with Gasteiger partial charge in [-0.15, -0.1) is 10.2 Å². The van der Waals surface area contributed by atoms with Crippen LogP contribution in [0, 0.1) is 5.92 Å². The molecule has 0 bridgehead atoms. The fraction of sp³-hybridized carbons (Fsp3) is 0.500. The number of hydrogen-bond donors (Lipinski definition) is 0. The SMILES string of the molecule is CC(C)N(C(=O)CSc1nnc(C[C@H]2CCS(=O)(=O)C2)o1)c1ccccc1. The second-order valence-corrected chi connectivity index (χ2v) is 10.1. The van der Waals surface area contributed by atoms with Crippen molar-refractivity contribution in [3.8, 4) is 0 Å². The average molecular weight is 410 g/mol. The van der Waals surface area contributed by atoms with Gasteiger partial charge in [-0.1, -0.05) is 30.0 Å². The minimum absolute atomic E-state index is 0.0306. The Morgan fingerprint density at radius 1 is 1.30 bits per heavy atom. The topological polar surface area (TPSA) is 93.4 Å². The Kier molecular flexibility index (Phi) is 6.21. The molecule has 27 heavy (non-hydrogen) atoms. The number of carbonyl (C=O) groups is 1. The number of thioether (sulfide) groups is 1. The van der Waals surface area contributed by atoms with Gasteiger partial charge in [0.15, 0.2) is 9.84 Å². The lowest BCUT2D eigenvalue weighted by Crippen LogP contribution is -2.38. The number of nitrogens with zero attached hydrogens (tertiary/aromatic N) is 3. The molecule has 1 saturated heterocycles. The lowest BCUT2D eigenvalue weighted by atomic mass is 10.1. The largest absolute Gasteiger partial charge is 0.416 e. The summed E-state index contributed by atoms with van der Waals surface area (Å²) in [5.74, 6) is 1.01. The minimum Gasteiger partial charge on any atom is -0.416 e. The van der Waals surface area contributed by atoms with E-state index in [0.29, 0.717) is 24.0 Å². The molecule has 7 nitrogen and oxygen atoms in total. The quantitative estimate of drug-likeness (QED) is 0.649. The highest BCUT2D eigenvalue weighted by Gasteiger charge is 2.29. The molecule has 0 unspecified atom stereocenters. The summed E-state index contributed by atoms with van der Waals surface area (Å²) in [7, 11) is -2.92. The van der Waals surface area contributed by atoms with E-state index in [4.69, 9.17) is 4.42 Å². The van der Waals surface area contributed by atoms with E-state index in [9.17, 15) is 13.2 Å². The summed E-state index contributed by atoms with van der Waals surface area (Å²) in [4.78, 5) is 14.4. The number of rotatable bonds is 7. The number of amides is 1. The van der Waals surface area contributed by atoms with E-state index in [1.807, 2.05) is 44.2 Å². The number of hydrogen-bond acceptors (Lipinski definition) is 7. The molecule has 1 aliphatic rings. The van der Waals surface area contributed by atoms with Gasteiger partial charge in [-0.2, -0.15) is 0 Å². The number of anilines is 1. The Bertz CT molecular complexity index is 881. The zero-order valence-electron chi connectivity index (χ0n) is 15.4. The van der Waals surface area contributed by atoms with Gasteiger partial charge in [0.2, 0.25) is 11.8 Å². The van der Waals surface area contributed by atoms with Crippen molar-refractivity contribution >= 4 is 33.2 Å². The van der Waals surface area contributed by atoms with Crippen molar-refractivity contribution in [1.29, 1.82) is 0 Å². The molecule has 9 heteroatoms. The van der Waals surface area contributed by atoms with Crippen molar-refractivity contribution in [1.82, 2.24) is 10.2 Å². The third-order valence-electron chi connectivity index (χ3n) is 4.38. The first kappa shape index (κ1) is 19.9. The molecule has 1 aromatic heterocycles. The first-order valence-electron chi connectivity index (χ1n) is 8.87. The Labute approximate surface area is 163 Å². The minimum atomic E-state index is -2.92. The summed E-state index contributed by atoms with van der Waals surface area (Å²) >= 11 is 1.20. The highest BCUT2D eigenvalue weighted by atomic mass is 32.2. The first-order chi connectivity index (χ1) is 12.8. The maximum atomic E-state index is 12.7. The summed E-state index contributed by atoms with van der Waals surface area (Å²) in [5.41, 5.74) is 0.853. The van der Waals surface area contributed by atoms with Crippen molar-refractivity contribution in [2.45, 2.75) is 38.0 Å². The molecule has 1 fully saturated rings. The maximum Gasteiger partial charge on any atom is 0.277 e. The van der Waals surface area contributed by atoms with Gasteiger partial charge in [-0.25, -0.2) is 8.42 Å². The van der Waals surface area contributed by atoms with Crippen LogP contribution in [0.1, 0.15) is 26.2 Å². The molecule has 0 aliphatic carbocycles. The van der Waals surface area contributed by atoms with Crippen LogP contribution in [-0.4, -0.2) is 47.8 Å². The second kappa shape index (κ2) is 8.43. The number of benzene rings is 1. The Morgan fingerprint density at radius 2 is 2.04 bits per heavy atom. The fourth-order valence-electron chi connectivity index (χ4n) is 3.17. The van der Waals surface area contributed by atoms with Gasteiger partial charge in [0, 0.05) is 18.2 Å². The highest BCUT2D eigenvalue weighted by Crippen LogP contribution is 2.25. The zero-order valence-corrected chi connectivity index (χ0v) is 17.0. The molecule has 0 saturated carbocycles. The highest BCUT2D eigenvalue weighted by molar-refractivity contribution is 7.99. The number of sulfone groups is 1. The van der Waals surface area contributed by atoms with Gasteiger partial charge in [0.1, 0.15) is 0 Å². The van der Waals surface area contributed by atoms with Crippen LogP contribution in [0.3, 0.4) is 0 Å². The standard InChI is InChI=1S/C18H23N3O4S2/c1-13(2)21(15-6-4-3-5-7-15)17(22)11-26-18-20-19-16(25-18)10-14-8-9-27(23,24)12-14/h3-7,13-14H,8-12H2,1-2H3/t14-/m1/s1. The molecule has 0 radical (unpaired) electrons. The summed E-state index contributed by atoms with van der Waals surface area (Å²) in [6.07, 6.45) is 1.09. The van der Waals surface area contributed by atoms with E-state index in [0.717, 1.165) is 5.69 Å². The predicted molar refractivity (Wildman–Crippen MR) is 105 cm³/mol. The van der Waals surface area contributed by atoms with E-state index in [1.54, 1.807) is 4.90 Å². The van der Waals surface area contributed by atoms with E-state index < -0.39 is 9.84 Å². The third-order valence-corrected chi connectivity index (χ3v) is 7.02. The van der Waals surface area contributed by atoms with Gasteiger partial charge in [-0.05, 0) is 38.3 Å². The van der Waals surface area contributed by atoms with Gasteiger partial charge < -0.3 is 9.32 Å². The van der Waals surface area contributed by atoms with Crippen molar-refractivity contribution < 1.29 is 17.6 Å². The predicted octanol–water partition coefficient (Wildman–Crippen LogP) is 2.58. The molecule has 3 rings (SSSR count). The van der Waals surface area contributed by atoms with Crippen LogP contribution in [0.5, 0.6) is 0 Å². The van der Waals surface area contributed by atoms with Crippen molar-refractivity contribution in [2.24, 2.45) is 5.92 Å². The molecule has 2 aromatic rings. The van der Waals surface area contributed by atoms with Crippen LogP contribution in [-0.2, 0) is 21.1 Å². The van der Waals surface area contributed by atoms with Crippen LogP contribution in [0.4, 0.5) is 5.69 Å². The normalized spacial score (nSPS) is 18.7. The van der Waals surface area contributed by atoms with E-state index in [-0.39, 0.29) is 35.1 Å². The van der Waals surface area contributed by atoms with Crippen molar-refractivity contribution in [3.05, 3.63) is 36.2 Å². The van der Waals surface area contributed by atoms with E-state index in [2.05, 4.69) is 10.2 Å². The van der Waals surface area contributed by atoms with Crippen molar-refractivity contribution in [2.75, 3.05) is 22.2 Å². The Balaban J connectivity index is 1.57. The molecular weight excluding hydrogens is 386 g/mol. The fourth-order valence-corrected chi connectivity index (χ4v) is 5.67. The monoisotopic (exact) mass is 409 g/mol. The Morgan fingerprint density at radius 3 is 2.67 bits per heavy atom. The number of aromatic nitrogens is 2. The third kappa shape index (κ3) is 5.32. The maximum absolute atomic E-state index is 12.7. The molecule has 2 heterocycles. The molecular formula is C18H23N3O4S2. The average Bonchev–Trinajstić information content (AvgIpc) is 3.20. The lowest BCUT2D eigenvalue weighted by molar-refractivity contribution is -0.116. The molecule has 0 spiro atoms. The van der Waals surface area contributed by atoms with E-state index >= 15 is 0 Å². The van der Waals surface area contributed by atoms with Crippen molar-refractivity contribution in [3.63, 3.8) is 0 Å². The van der Waals surface area contributed by atoms with E-state index in [1.165, 1.54) is 11.8 Å². The molecule has 0 N–H and O–H groups in total. The summed E-state index contributed by atoms with van der Waals surface area (Å²) in [5, 5.41) is 8.29. The van der Waals surface area contributed by atoms with Gasteiger partial charge in [0.25, 0.3) is 5.22 Å². The summed E-state index contributed by atoms with van der Waals surface area (Å²) in [6, 6.07) is 9.56. The molecule has 1 atom stereocenters. The first-order valence-corrected chi connectivity index (χ1v) is 11.7. The lowest BCUT2D eigenvalue weighted by Gasteiger charge is -2.26. The van der Waals surface area contributed by atoms with Crippen LogP contribution < -0.4 is 4.90 Å². The van der Waals surface area contributed by atoms with Crippen LogP contribution in [0.2, 0.25) is 0 Å². The van der Waals surface area contributed by atoms with Gasteiger partial charge >= 0.3 is 0 Å². The van der Waals surface area contributed by atoms with Crippen LogP contribution in [0.15, 0.2) is 40.0 Å². The zero-order chi connectivity index (χ0) is 19.4. The summed E-state index contributed by atoms with van der Waals surface area (Å²) < 4.78 is 28.7. The second-order valence-electron chi connectivity index (χ2n) is 6.92. The smallest absolute Gasteiger partial charge is 0.277 e. The Hall–Kier alpha value is -1.87. The van der Waals surface area contributed by atoms with Crippen LogP contribution >= 0.6 is 11.8 Å². The van der Waals surface area contributed by atoms with Crippen LogP contribution in [0.25, 0.3) is 0 Å². The van der Waals surface area contributed by atoms with Gasteiger partial charge in [0.05, 0.1) is 17.3 Å².